The number of aromatic carboxylic acids is 1. The van der Waals surface area contributed by atoms with Crippen molar-refractivity contribution in [1.82, 2.24) is 19.7 Å². The Labute approximate surface area is 122 Å². The van der Waals surface area contributed by atoms with Gasteiger partial charge in [-0.2, -0.15) is 10.4 Å². The zero-order chi connectivity index (χ0) is 15.7. The van der Waals surface area contributed by atoms with Gasteiger partial charge in [0.25, 0.3) is 0 Å². The van der Waals surface area contributed by atoms with E-state index in [1.54, 1.807) is 12.1 Å². The highest BCUT2D eigenvalue weighted by Crippen LogP contribution is 2.17. The van der Waals surface area contributed by atoms with Gasteiger partial charge < -0.3 is 5.11 Å². The largest absolute Gasteiger partial charge is 0.476 e. The third kappa shape index (κ3) is 1.97. The van der Waals surface area contributed by atoms with E-state index in [4.69, 9.17) is 5.26 Å². The number of aromatic nitrogens is 4. The summed E-state index contributed by atoms with van der Waals surface area (Å²) in [6.45, 7) is 0. The van der Waals surface area contributed by atoms with Crippen molar-refractivity contribution in [2.75, 3.05) is 0 Å². The first-order chi connectivity index (χ1) is 10.6. The predicted molar refractivity (Wildman–Crippen MR) is 74.6 cm³/mol. The van der Waals surface area contributed by atoms with Crippen LogP contribution in [0.15, 0.2) is 41.7 Å². The number of benzene rings is 1. The molecule has 0 aliphatic heterocycles. The third-order valence-electron chi connectivity index (χ3n) is 3.03. The quantitative estimate of drug-likeness (QED) is 0.739. The van der Waals surface area contributed by atoms with Gasteiger partial charge in [-0.05, 0) is 12.1 Å². The SMILES string of the molecule is N#Cc1cccc2c1c(=O)c(C(=O)O)nn2-c1cncnc1. The molecule has 0 spiro atoms. The minimum Gasteiger partial charge on any atom is -0.476 e. The van der Waals surface area contributed by atoms with Gasteiger partial charge in [-0.1, -0.05) is 6.07 Å². The number of hydrogen-bond acceptors (Lipinski definition) is 6. The number of fused-ring (bicyclic) bond motifs is 1. The van der Waals surface area contributed by atoms with Crippen LogP contribution in [0.5, 0.6) is 0 Å². The first-order valence-electron chi connectivity index (χ1n) is 6.08. The molecule has 1 aromatic carbocycles. The fraction of sp³-hybridized carbons (Fsp3) is 0. The summed E-state index contributed by atoms with van der Waals surface area (Å²) < 4.78 is 1.24. The van der Waals surface area contributed by atoms with Gasteiger partial charge in [0.1, 0.15) is 12.0 Å². The summed E-state index contributed by atoms with van der Waals surface area (Å²) in [5, 5.41) is 22.2. The van der Waals surface area contributed by atoms with Crippen LogP contribution >= 0.6 is 0 Å². The molecule has 106 valence electrons. The van der Waals surface area contributed by atoms with E-state index in [2.05, 4.69) is 15.1 Å². The van der Waals surface area contributed by atoms with Crippen molar-refractivity contribution < 1.29 is 9.90 Å². The lowest BCUT2D eigenvalue weighted by atomic mass is 10.1. The van der Waals surface area contributed by atoms with Gasteiger partial charge in [0.05, 0.1) is 34.9 Å². The topological polar surface area (TPSA) is 122 Å². The maximum Gasteiger partial charge on any atom is 0.360 e. The molecule has 0 radical (unpaired) electrons. The van der Waals surface area contributed by atoms with Crippen LogP contribution in [0, 0.1) is 11.3 Å². The monoisotopic (exact) mass is 293 g/mol. The molecule has 8 heteroatoms. The standard InChI is InChI=1S/C14H7N5O3/c15-4-8-2-1-3-10-11(8)13(20)12(14(21)22)18-19(10)9-5-16-7-17-6-9/h1-3,5-7H,(H,21,22). The molecule has 0 bridgehead atoms. The van der Waals surface area contributed by atoms with Gasteiger partial charge in [0, 0.05) is 0 Å². The van der Waals surface area contributed by atoms with E-state index >= 15 is 0 Å². The van der Waals surface area contributed by atoms with Crippen molar-refractivity contribution >= 4 is 16.9 Å². The van der Waals surface area contributed by atoms with Crippen LogP contribution in [0.25, 0.3) is 16.6 Å². The molecule has 0 aliphatic rings. The highest BCUT2D eigenvalue weighted by molar-refractivity contribution is 5.93. The summed E-state index contributed by atoms with van der Waals surface area (Å²) in [7, 11) is 0. The van der Waals surface area contributed by atoms with E-state index in [0.29, 0.717) is 11.2 Å². The average Bonchev–Trinajstić information content (AvgIpc) is 2.55. The Bertz CT molecular complexity index is 989. The molecule has 22 heavy (non-hydrogen) atoms. The molecule has 3 aromatic rings. The molecule has 0 unspecified atom stereocenters. The highest BCUT2D eigenvalue weighted by atomic mass is 16.4. The molecule has 2 aromatic heterocycles. The van der Waals surface area contributed by atoms with Crippen LogP contribution in [0.1, 0.15) is 16.1 Å². The van der Waals surface area contributed by atoms with E-state index in [1.807, 2.05) is 6.07 Å². The lowest BCUT2D eigenvalue weighted by Gasteiger charge is -2.10. The van der Waals surface area contributed by atoms with E-state index in [1.165, 1.54) is 29.5 Å². The van der Waals surface area contributed by atoms with Crippen LogP contribution in [-0.4, -0.2) is 30.8 Å². The van der Waals surface area contributed by atoms with Crippen molar-refractivity contribution in [3.63, 3.8) is 0 Å². The summed E-state index contributed by atoms with van der Waals surface area (Å²) in [6.07, 6.45) is 4.16. The smallest absolute Gasteiger partial charge is 0.360 e. The van der Waals surface area contributed by atoms with Gasteiger partial charge in [0.15, 0.2) is 0 Å². The van der Waals surface area contributed by atoms with Crippen molar-refractivity contribution in [3.8, 4) is 11.8 Å². The minimum absolute atomic E-state index is 0.00116. The summed E-state index contributed by atoms with van der Waals surface area (Å²) in [4.78, 5) is 31.2. The maximum atomic E-state index is 12.3. The second-order valence-electron chi connectivity index (χ2n) is 4.30. The summed E-state index contributed by atoms with van der Waals surface area (Å²) in [5.74, 6) is -1.47. The second-order valence-corrected chi connectivity index (χ2v) is 4.30. The number of carboxylic acid groups (broad SMARTS) is 1. The van der Waals surface area contributed by atoms with E-state index < -0.39 is 17.1 Å². The molecule has 0 saturated carbocycles. The number of hydrogen-bond donors (Lipinski definition) is 1. The number of carbonyl (C=O) groups is 1. The fourth-order valence-electron chi connectivity index (χ4n) is 2.10. The zero-order valence-electron chi connectivity index (χ0n) is 11.0. The van der Waals surface area contributed by atoms with Crippen molar-refractivity contribution in [1.29, 1.82) is 5.26 Å². The van der Waals surface area contributed by atoms with Crippen molar-refractivity contribution in [2.24, 2.45) is 0 Å². The Balaban J connectivity index is 2.54. The van der Waals surface area contributed by atoms with Gasteiger partial charge in [0.2, 0.25) is 11.1 Å². The number of rotatable bonds is 2. The van der Waals surface area contributed by atoms with Crippen molar-refractivity contribution in [2.45, 2.75) is 0 Å². The number of carboxylic acids is 1. The van der Waals surface area contributed by atoms with Crippen molar-refractivity contribution in [3.05, 3.63) is 58.4 Å². The first kappa shape index (κ1) is 13.4. The van der Waals surface area contributed by atoms with Gasteiger partial charge in [-0.15, -0.1) is 0 Å². The number of nitriles is 1. The second kappa shape index (κ2) is 5.06. The molecule has 8 nitrogen and oxygen atoms in total. The van der Waals surface area contributed by atoms with Crippen LogP contribution in [0.3, 0.4) is 0 Å². The normalized spacial score (nSPS) is 10.3. The molecule has 0 atom stereocenters. The van der Waals surface area contributed by atoms with Crippen LogP contribution < -0.4 is 5.43 Å². The average molecular weight is 293 g/mol. The molecule has 1 N–H and O–H groups in total. The number of nitrogens with zero attached hydrogens (tertiary/aromatic N) is 5. The van der Waals surface area contributed by atoms with E-state index in [9.17, 15) is 14.7 Å². The maximum absolute atomic E-state index is 12.3. The molecule has 0 aliphatic carbocycles. The Kier molecular flexibility index (Phi) is 3.08. The van der Waals surface area contributed by atoms with Gasteiger partial charge in [-0.25, -0.2) is 19.4 Å². The van der Waals surface area contributed by atoms with E-state index in [-0.39, 0.29) is 10.9 Å². The third-order valence-corrected chi connectivity index (χ3v) is 3.03. The Morgan fingerprint density at radius 2 is 2.00 bits per heavy atom. The summed E-state index contributed by atoms with van der Waals surface area (Å²) in [5.41, 5.74) is -0.696. The zero-order valence-corrected chi connectivity index (χ0v) is 11.0. The summed E-state index contributed by atoms with van der Waals surface area (Å²) in [6, 6.07) is 6.49. The molecule has 0 saturated heterocycles. The molecular weight excluding hydrogens is 286 g/mol. The van der Waals surface area contributed by atoms with Crippen LogP contribution in [0.2, 0.25) is 0 Å². The Hall–Kier alpha value is -3.60. The highest BCUT2D eigenvalue weighted by Gasteiger charge is 2.19. The van der Waals surface area contributed by atoms with Crippen LogP contribution in [-0.2, 0) is 0 Å². The molecule has 2 heterocycles. The molecule has 3 rings (SSSR count). The fourth-order valence-corrected chi connectivity index (χ4v) is 2.10. The Morgan fingerprint density at radius 3 is 2.64 bits per heavy atom. The minimum atomic E-state index is -1.47. The Morgan fingerprint density at radius 1 is 1.27 bits per heavy atom. The molecule has 0 amide bonds. The van der Waals surface area contributed by atoms with Gasteiger partial charge in [-0.3, -0.25) is 4.79 Å². The lowest BCUT2D eigenvalue weighted by Crippen LogP contribution is -2.23. The van der Waals surface area contributed by atoms with Gasteiger partial charge >= 0.3 is 5.97 Å². The van der Waals surface area contributed by atoms with E-state index in [0.717, 1.165) is 0 Å². The lowest BCUT2D eigenvalue weighted by molar-refractivity contribution is 0.0687. The van der Waals surface area contributed by atoms with Crippen LogP contribution in [0.4, 0.5) is 0 Å². The molecule has 0 fully saturated rings. The first-order valence-corrected chi connectivity index (χ1v) is 6.08. The predicted octanol–water partition coefficient (Wildman–Crippen LogP) is 0.746. The summed E-state index contributed by atoms with van der Waals surface area (Å²) >= 11 is 0. The molecular formula is C14H7N5O3.